The molecule has 4 N–H and O–H groups in total. The van der Waals surface area contributed by atoms with Crippen LogP contribution in [0.5, 0.6) is 0 Å². The number of carbonyl (C=O) groups is 1. The number of nitrogen functional groups attached to an aromatic ring is 1. The van der Waals surface area contributed by atoms with Crippen LogP contribution in [0.3, 0.4) is 0 Å². The van der Waals surface area contributed by atoms with Gasteiger partial charge in [0.05, 0.1) is 5.75 Å². The molecule has 8 heteroatoms. The zero-order chi connectivity index (χ0) is 12.1. The number of allylic oxidation sites excluding steroid dienone is 2. The summed E-state index contributed by atoms with van der Waals surface area (Å²) in [5.41, 5.74) is 11.0. The fourth-order valence-electron chi connectivity index (χ4n) is 0.849. The average molecular weight is 255 g/mol. The molecular formula is C8H9N5OS2. The molecule has 0 amide bonds. The molecule has 1 rings (SSSR count). The summed E-state index contributed by atoms with van der Waals surface area (Å²) in [6, 6.07) is 1.78. The predicted molar refractivity (Wildman–Crippen MR) is 62.6 cm³/mol. The first-order valence-corrected chi connectivity index (χ1v) is 5.96. The van der Waals surface area contributed by atoms with Gasteiger partial charge in [0.1, 0.15) is 11.6 Å². The molecule has 0 aliphatic heterocycles. The molecule has 0 radical (unpaired) electrons. The van der Waals surface area contributed by atoms with E-state index in [-0.39, 0.29) is 22.8 Å². The molecule has 1 aromatic heterocycles. The SMILES string of the molecule is CC(N)=C(C#N)C(=O)CSc1nnc(N)s1. The number of rotatable bonds is 4. The Labute approximate surface area is 100 Å². The standard InChI is InChI=1S/C8H9N5OS2/c1-4(10)5(2-9)6(14)3-15-8-13-12-7(11)16-8/h3,10H2,1H3,(H2,11,12). The van der Waals surface area contributed by atoms with Gasteiger partial charge in [-0.05, 0) is 6.92 Å². The van der Waals surface area contributed by atoms with Crippen molar-refractivity contribution in [3.63, 3.8) is 0 Å². The van der Waals surface area contributed by atoms with E-state index in [1.54, 1.807) is 6.07 Å². The molecule has 0 saturated heterocycles. The monoisotopic (exact) mass is 255 g/mol. The Bertz CT molecular complexity index is 469. The molecule has 1 aromatic rings. The van der Waals surface area contributed by atoms with E-state index in [1.165, 1.54) is 30.0 Å². The second-order valence-corrected chi connectivity index (χ2v) is 5.02. The van der Waals surface area contributed by atoms with E-state index in [0.717, 1.165) is 0 Å². The number of thioether (sulfide) groups is 1. The Morgan fingerprint density at radius 2 is 2.31 bits per heavy atom. The van der Waals surface area contributed by atoms with Crippen molar-refractivity contribution in [2.24, 2.45) is 5.73 Å². The summed E-state index contributed by atoms with van der Waals surface area (Å²) < 4.78 is 0.595. The smallest absolute Gasteiger partial charge is 0.203 e. The van der Waals surface area contributed by atoms with Crippen LogP contribution >= 0.6 is 23.1 Å². The van der Waals surface area contributed by atoms with Crippen LogP contribution < -0.4 is 11.5 Å². The van der Waals surface area contributed by atoms with E-state index in [4.69, 9.17) is 16.7 Å². The highest BCUT2D eigenvalue weighted by molar-refractivity contribution is 8.01. The van der Waals surface area contributed by atoms with Gasteiger partial charge in [-0.3, -0.25) is 4.79 Å². The highest BCUT2D eigenvalue weighted by Crippen LogP contribution is 2.24. The van der Waals surface area contributed by atoms with Gasteiger partial charge in [0, 0.05) is 5.70 Å². The lowest BCUT2D eigenvalue weighted by Gasteiger charge is -1.98. The van der Waals surface area contributed by atoms with Crippen LogP contribution in [-0.4, -0.2) is 21.7 Å². The number of ketones is 1. The van der Waals surface area contributed by atoms with Crippen LogP contribution in [0.25, 0.3) is 0 Å². The van der Waals surface area contributed by atoms with Gasteiger partial charge in [-0.15, -0.1) is 10.2 Å². The maximum Gasteiger partial charge on any atom is 0.203 e. The highest BCUT2D eigenvalue weighted by Gasteiger charge is 2.13. The molecule has 84 valence electrons. The molecule has 0 aromatic carbocycles. The number of nitrogens with zero attached hydrogens (tertiary/aromatic N) is 3. The first-order valence-electron chi connectivity index (χ1n) is 4.16. The molecule has 0 bridgehead atoms. The Kier molecular flexibility index (Phi) is 4.28. The third kappa shape index (κ3) is 3.22. The van der Waals surface area contributed by atoms with Crippen molar-refractivity contribution >= 4 is 34.0 Å². The third-order valence-electron chi connectivity index (χ3n) is 1.53. The number of hydrogen-bond acceptors (Lipinski definition) is 8. The Morgan fingerprint density at radius 3 is 2.75 bits per heavy atom. The number of Topliss-reactive ketones (excluding diaryl/α,β-unsaturated/α-hetero) is 1. The second kappa shape index (κ2) is 5.48. The number of aromatic nitrogens is 2. The summed E-state index contributed by atoms with van der Waals surface area (Å²) in [5.74, 6) is -0.215. The van der Waals surface area contributed by atoms with Crippen molar-refractivity contribution in [1.82, 2.24) is 10.2 Å². The molecule has 0 aliphatic carbocycles. The minimum absolute atomic E-state index is 0.00927. The van der Waals surface area contributed by atoms with Crippen molar-refractivity contribution in [2.75, 3.05) is 11.5 Å². The summed E-state index contributed by atoms with van der Waals surface area (Å²) in [4.78, 5) is 11.5. The van der Waals surface area contributed by atoms with Gasteiger partial charge < -0.3 is 11.5 Å². The van der Waals surface area contributed by atoms with Crippen molar-refractivity contribution in [2.45, 2.75) is 11.3 Å². The summed E-state index contributed by atoms with van der Waals surface area (Å²) in [6.45, 7) is 1.52. The molecule has 0 fully saturated rings. The van der Waals surface area contributed by atoms with Gasteiger partial charge >= 0.3 is 0 Å². The van der Waals surface area contributed by atoms with Gasteiger partial charge in [-0.1, -0.05) is 23.1 Å². The fourth-order valence-corrected chi connectivity index (χ4v) is 2.36. The Morgan fingerprint density at radius 1 is 1.62 bits per heavy atom. The topological polar surface area (TPSA) is 119 Å². The number of carbonyl (C=O) groups excluding carboxylic acids is 1. The first-order chi connectivity index (χ1) is 7.54. The Balaban J connectivity index is 2.61. The number of anilines is 1. The average Bonchev–Trinajstić information content (AvgIpc) is 2.62. The summed E-state index contributed by atoms with van der Waals surface area (Å²) in [6.07, 6.45) is 0. The second-order valence-electron chi connectivity index (χ2n) is 2.79. The molecule has 16 heavy (non-hydrogen) atoms. The van der Waals surface area contributed by atoms with Crippen LogP contribution in [0.4, 0.5) is 5.13 Å². The minimum Gasteiger partial charge on any atom is -0.401 e. The van der Waals surface area contributed by atoms with Crippen LogP contribution in [0.1, 0.15) is 6.92 Å². The normalized spacial score (nSPS) is 11.8. The maximum absolute atomic E-state index is 11.5. The molecular weight excluding hydrogens is 246 g/mol. The van der Waals surface area contributed by atoms with E-state index in [0.29, 0.717) is 9.47 Å². The molecule has 1 heterocycles. The van der Waals surface area contributed by atoms with Crippen LogP contribution in [0, 0.1) is 11.3 Å². The molecule has 0 spiro atoms. The number of nitriles is 1. The zero-order valence-electron chi connectivity index (χ0n) is 8.43. The number of hydrogen-bond donors (Lipinski definition) is 2. The molecule has 0 saturated carbocycles. The van der Waals surface area contributed by atoms with E-state index in [1.807, 2.05) is 0 Å². The molecule has 0 aliphatic rings. The fraction of sp³-hybridized carbons (Fsp3) is 0.250. The van der Waals surface area contributed by atoms with Crippen LogP contribution in [0.2, 0.25) is 0 Å². The number of nitrogens with two attached hydrogens (primary N) is 2. The largest absolute Gasteiger partial charge is 0.401 e. The van der Waals surface area contributed by atoms with E-state index in [2.05, 4.69) is 10.2 Å². The van der Waals surface area contributed by atoms with Crippen LogP contribution in [0.15, 0.2) is 15.6 Å². The lowest BCUT2D eigenvalue weighted by molar-refractivity contribution is -0.112. The summed E-state index contributed by atoms with van der Waals surface area (Å²) >= 11 is 2.38. The summed E-state index contributed by atoms with van der Waals surface area (Å²) in [7, 11) is 0. The molecule has 0 atom stereocenters. The van der Waals surface area contributed by atoms with Gasteiger partial charge in [0.2, 0.25) is 5.13 Å². The summed E-state index contributed by atoms with van der Waals surface area (Å²) in [5, 5.41) is 16.4. The third-order valence-corrected chi connectivity index (χ3v) is 3.42. The maximum atomic E-state index is 11.5. The first kappa shape index (κ1) is 12.5. The molecule has 0 unspecified atom stereocenters. The zero-order valence-corrected chi connectivity index (χ0v) is 10.1. The lowest BCUT2D eigenvalue weighted by atomic mass is 10.2. The van der Waals surface area contributed by atoms with Gasteiger partial charge in [-0.2, -0.15) is 5.26 Å². The van der Waals surface area contributed by atoms with Gasteiger partial charge in [0.25, 0.3) is 0 Å². The van der Waals surface area contributed by atoms with Crippen molar-refractivity contribution in [3.8, 4) is 6.07 Å². The van der Waals surface area contributed by atoms with Gasteiger partial charge in [0.15, 0.2) is 10.1 Å². The van der Waals surface area contributed by atoms with E-state index in [9.17, 15) is 4.79 Å². The molecule has 6 nitrogen and oxygen atoms in total. The van der Waals surface area contributed by atoms with Crippen molar-refractivity contribution in [1.29, 1.82) is 5.26 Å². The minimum atomic E-state index is -0.318. The van der Waals surface area contributed by atoms with Gasteiger partial charge in [-0.25, -0.2) is 0 Å². The van der Waals surface area contributed by atoms with Crippen LogP contribution in [-0.2, 0) is 4.79 Å². The Hall–Kier alpha value is -1.59. The quantitative estimate of drug-likeness (QED) is 0.457. The van der Waals surface area contributed by atoms with Crippen molar-refractivity contribution in [3.05, 3.63) is 11.3 Å². The van der Waals surface area contributed by atoms with E-state index >= 15 is 0 Å². The van der Waals surface area contributed by atoms with E-state index < -0.39 is 0 Å². The van der Waals surface area contributed by atoms with Crippen molar-refractivity contribution < 1.29 is 4.79 Å². The lowest BCUT2D eigenvalue weighted by Crippen LogP contribution is -2.10. The highest BCUT2D eigenvalue weighted by atomic mass is 32.2. The predicted octanol–water partition coefficient (Wildman–Crippen LogP) is 0.538.